The number of ether oxygens (including phenoxy) is 22. The molecule has 0 fully saturated rings. The number of hydrogen-bond acceptors (Lipinski definition) is 30. The average Bonchev–Trinajstić information content (AvgIpc) is 1.63. The number of rotatable bonds is 73. The SMILES string of the molecule is Cc1cc(N(CCOCC(C)OCC(C)OCC(C)OCC(C)OCC(C)OCC(C)OCC(C)OCCOCCOCCOCCO)CCOCC(C)OCC(C)OCC(C)OCC(C)OCC(C)OCC(C)OCC(C)OCCOCCOCCOCCO)ccc1/N=N/c1sc(C#N)c(C)c1C#N. The molecule has 1 aromatic carbocycles. The zero-order valence-electron chi connectivity index (χ0n) is 66.9. The van der Waals surface area contributed by atoms with Crippen LogP contribution in [0.1, 0.15) is 118 Å². The number of aliphatic hydroxyl groups excluding tert-OH is 2. The molecule has 29 nitrogen and oxygen atoms in total. The third-order valence-electron chi connectivity index (χ3n) is 15.5. The summed E-state index contributed by atoms with van der Waals surface area (Å²) < 4.78 is 129. The van der Waals surface area contributed by atoms with Crippen molar-refractivity contribution < 1.29 is 114 Å². The van der Waals surface area contributed by atoms with Crippen molar-refractivity contribution in [3.05, 3.63) is 39.8 Å². The molecule has 2 rings (SSSR count). The van der Waals surface area contributed by atoms with E-state index in [1.807, 2.05) is 122 Å². The predicted octanol–water partition coefficient (Wildman–Crippen LogP) is 9.12. The Morgan fingerprint density at radius 2 is 0.613 bits per heavy atom. The summed E-state index contributed by atoms with van der Waals surface area (Å²) in [5, 5.41) is 46.0. The van der Waals surface area contributed by atoms with Crippen LogP contribution >= 0.6 is 11.3 Å². The minimum atomic E-state index is -0.186. The van der Waals surface area contributed by atoms with Crippen LogP contribution in [-0.2, 0) is 104 Å². The van der Waals surface area contributed by atoms with Gasteiger partial charge in [-0.25, -0.2) is 0 Å². The van der Waals surface area contributed by atoms with Gasteiger partial charge < -0.3 is 119 Å². The topological polar surface area (TPSA) is 319 Å². The number of benzene rings is 1. The van der Waals surface area contributed by atoms with Gasteiger partial charge in [0.15, 0.2) is 5.00 Å². The molecular weight excluding hydrogens is 1400 g/mol. The monoisotopic (exact) mass is 1530 g/mol. The molecule has 0 radical (unpaired) electrons. The number of aryl methyl sites for hydroxylation is 1. The number of anilines is 1. The van der Waals surface area contributed by atoms with Gasteiger partial charge in [-0.1, -0.05) is 0 Å². The van der Waals surface area contributed by atoms with Crippen LogP contribution in [0.3, 0.4) is 0 Å². The number of azo groups is 1. The Labute approximate surface area is 637 Å². The van der Waals surface area contributed by atoms with E-state index in [0.717, 1.165) is 22.6 Å². The minimum absolute atomic E-state index is 0.00379. The summed E-state index contributed by atoms with van der Waals surface area (Å²) in [6.45, 7) is 45.1. The molecule has 106 heavy (non-hydrogen) atoms. The lowest BCUT2D eigenvalue weighted by molar-refractivity contribution is -0.108. The van der Waals surface area contributed by atoms with E-state index in [-0.39, 0.29) is 98.7 Å². The molecule has 1 aromatic heterocycles. The lowest BCUT2D eigenvalue weighted by Crippen LogP contribution is -2.33. The van der Waals surface area contributed by atoms with Gasteiger partial charge in [0, 0.05) is 18.8 Å². The van der Waals surface area contributed by atoms with Crippen LogP contribution in [-0.4, -0.2) is 320 Å². The summed E-state index contributed by atoms with van der Waals surface area (Å²) in [6, 6.07) is 10.2. The van der Waals surface area contributed by atoms with Crippen LogP contribution in [0.5, 0.6) is 0 Å². The van der Waals surface area contributed by atoms with Crippen LogP contribution in [0.15, 0.2) is 28.4 Å². The quantitative estimate of drug-likeness (QED) is 0.0460. The lowest BCUT2D eigenvalue weighted by atomic mass is 10.1. The number of aliphatic hydroxyl groups is 2. The molecule has 2 N–H and O–H groups in total. The maximum atomic E-state index is 9.76. The third kappa shape index (κ3) is 51.7. The second-order valence-corrected chi connectivity index (χ2v) is 27.5. The summed E-state index contributed by atoms with van der Waals surface area (Å²) in [4.78, 5) is 2.64. The first kappa shape index (κ1) is 98.4. The van der Waals surface area contributed by atoms with Gasteiger partial charge >= 0.3 is 0 Å². The molecule has 614 valence electrons. The third-order valence-corrected chi connectivity index (χ3v) is 16.5. The molecule has 0 spiro atoms. The first-order valence-corrected chi connectivity index (χ1v) is 38.6. The van der Waals surface area contributed by atoms with E-state index in [0.29, 0.717) is 238 Å². The first-order valence-electron chi connectivity index (χ1n) is 37.7. The molecule has 0 amide bonds. The van der Waals surface area contributed by atoms with Crippen molar-refractivity contribution >= 4 is 27.7 Å². The van der Waals surface area contributed by atoms with E-state index in [2.05, 4.69) is 27.3 Å². The molecule has 0 saturated carbocycles. The Bertz CT molecular complexity index is 2440. The van der Waals surface area contributed by atoms with E-state index in [1.54, 1.807) is 6.92 Å². The standard InChI is InChI=1S/C76H135N5O24S/c1-56-39-72(17-18-74(56)79-80-76-73(40-77)71(16)75(41-78)106-76)81(19-23-90-42-57(2)94-46-61(6)98-50-65(10)102-54-69(14)104-52-67(12)100-48-63(8)96-44-59(4)92-37-35-88-33-31-86-29-27-84-25-21-82)20-24-91-43-58(3)95-47-62(7)99-51-66(11)103-55-70(15)105-53-68(13)101-49-64(9)97-45-60(5)93-38-36-89-34-32-87-30-28-85-26-22-83/h17-18,39,57-70,82-83H,19-38,42-55H2,1-16H3/b80-79+. The highest BCUT2D eigenvalue weighted by Crippen LogP contribution is 2.36. The van der Waals surface area contributed by atoms with Crippen molar-refractivity contribution in [2.24, 2.45) is 10.2 Å². The lowest BCUT2D eigenvalue weighted by Gasteiger charge is -2.26. The average molecular weight is 1530 g/mol. The van der Waals surface area contributed by atoms with Gasteiger partial charge in [-0.05, 0) is 140 Å². The number of nitriles is 2. The summed E-state index contributed by atoms with van der Waals surface area (Å²) in [5.41, 5.74) is 3.43. The molecule has 0 aliphatic rings. The van der Waals surface area contributed by atoms with E-state index in [4.69, 9.17) is 114 Å². The maximum Gasteiger partial charge on any atom is 0.158 e. The maximum absolute atomic E-state index is 9.76. The van der Waals surface area contributed by atoms with Crippen molar-refractivity contribution in [2.75, 3.05) is 229 Å². The van der Waals surface area contributed by atoms with Crippen molar-refractivity contribution in [1.29, 1.82) is 10.5 Å². The highest BCUT2D eigenvalue weighted by molar-refractivity contribution is 7.16. The molecule has 2 aromatic rings. The molecule has 14 unspecified atom stereocenters. The van der Waals surface area contributed by atoms with Crippen LogP contribution in [0.2, 0.25) is 0 Å². The van der Waals surface area contributed by atoms with Gasteiger partial charge in [-0.3, -0.25) is 0 Å². The zero-order chi connectivity index (χ0) is 78.0. The van der Waals surface area contributed by atoms with Crippen molar-refractivity contribution in [2.45, 2.75) is 196 Å². The van der Waals surface area contributed by atoms with Crippen LogP contribution < -0.4 is 4.90 Å². The Hall–Kier alpha value is -3.66. The molecule has 1 heterocycles. The van der Waals surface area contributed by atoms with Crippen molar-refractivity contribution in [1.82, 2.24) is 0 Å². The fraction of sp³-hybridized carbons (Fsp3) is 0.842. The zero-order valence-corrected chi connectivity index (χ0v) is 67.7. The van der Waals surface area contributed by atoms with E-state index < -0.39 is 0 Å². The normalized spacial score (nSPS) is 16.0. The van der Waals surface area contributed by atoms with Gasteiger partial charge in [-0.15, -0.1) is 21.6 Å². The van der Waals surface area contributed by atoms with Crippen LogP contribution in [0.4, 0.5) is 16.4 Å². The Morgan fingerprint density at radius 1 is 0.340 bits per heavy atom. The van der Waals surface area contributed by atoms with E-state index >= 15 is 0 Å². The fourth-order valence-corrected chi connectivity index (χ4v) is 10.0. The summed E-state index contributed by atoms with van der Waals surface area (Å²) >= 11 is 1.15. The molecule has 0 bridgehead atoms. The smallest absolute Gasteiger partial charge is 0.158 e. The highest BCUT2D eigenvalue weighted by Gasteiger charge is 2.20. The second-order valence-electron chi connectivity index (χ2n) is 26.5. The summed E-state index contributed by atoms with van der Waals surface area (Å²) in [5.74, 6) is 0. The van der Waals surface area contributed by atoms with Gasteiger partial charge in [-0.2, -0.15) is 10.5 Å². The molecule has 0 aliphatic carbocycles. The van der Waals surface area contributed by atoms with E-state index in [9.17, 15) is 10.5 Å². The Balaban J connectivity index is 1.70. The summed E-state index contributed by atoms with van der Waals surface area (Å²) in [7, 11) is 0. The van der Waals surface area contributed by atoms with Gasteiger partial charge in [0.25, 0.3) is 0 Å². The molecule has 14 atom stereocenters. The molecule has 0 saturated heterocycles. The Kier molecular flexibility index (Phi) is 59.3. The molecular formula is C76H135N5O24S. The van der Waals surface area contributed by atoms with Crippen LogP contribution in [0, 0.1) is 36.5 Å². The van der Waals surface area contributed by atoms with Crippen LogP contribution in [0.25, 0.3) is 0 Å². The number of hydrogen-bond donors (Lipinski definition) is 2. The highest BCUT2D eigenvalue weighted by atomic mass is 32.1. The van der Waals surface area contributed by atoms with Crippen molar-refractivity contribution in [3.63, 3.8) is 0 Å². The largest absolute Gasteiger partial charge is 0.394 e. The molecule has 30 heteroatoms. The van der Waals surface area contributed by atoms with Gasteiger partial charge in [0.05, 0.1) is 308 Å². The van der Waals surface area contributed by atoms with Gasteiger partial charge in [0.2, 0.25) is 0 Å². The van der Waals surface area contributed by atoms with E-state index in [1.165, 1.54) is 0 Å². The van der Waals surface area contributed by atoms with Crippen molar-refractivity contribution in [3.8, 4) is 12.1 Å². The number of nitrogens with zero attached hydrogens (tertiary/aromatic N) is 5. The Morgan fingerprint density at radius 3 is 0.887 bits per heavy atom. The first-order chi connectivity index (χ1) is 51.1. The number of thiophene rings is 1. The minimum Gasteiger partial charge on any atom is -0.394 e. The fourth-order valence-electron chi connectivity index (χ4n) is 9.17. The van der Waals surface area contributed by atoms with Gasteiger partial charge in [0.1, 0.15) is 17.0 Å². The predicted molar refractivity (Wildman–Crippen MR) is 403 cm³/mol. The second kappa shape index (κ2) is 63.9. The summed E-state index contributed by atoms with van der Waals surface area (Å²) in [6.07, 6.45) is -2.01. The molecule has 0 aliphatic heterocycles.